The number of hydrogen-bond acceptors (Lipinski definition) is 3. The first kappa shape index (κ1) is 25.5. The number of unbranched alkanes of at least 4 members (excludes halogenated alkanes) is 8. The lowest BCUT2D eigenvalue weighted by Gasteiger charge is -2.26. The first-order valence-electron chi connectivity index (χ1n) is 12.9. The Kier molecular flexibility index (Phi) is 13.9. The SMILES string of the molecule is CCCCCCCC(Cc1ccccn1)NC(CCCCCCC)Cc1ccccn1. The number of nitrogens with zero attached hydrogens (tertiary/aromatic N) is 2. The first-order chi connectivity index (χ1) is 15.3. The highest BCUT2D eigenvalue weighted by Gasteiger charge is 2.17. The largest absolute Gasteiger partial charge is 0.310 e. The smallest absolute Gasteiger partial charge is 0.0419 e. The highest BCUT2D eigenvalue weighted by molar-refractivity contribution is 5.07. The standard InChI is InChI=1S/C28H45N3/c1-3-5-7-9-11-19-27(23-25-17-13-15-21-29-25)31-28(20-12-10-8-6-4-2)24-26-18-14-16-22-30-26/h13-18,21-22,27-28,31H,3-12,19-20,23-24H2,1-2H3. The minimum atomic E-state index is 0.487. The molecule has 0 amide bonds. The molecule has 0 radical (unpaired) electrons. The molecule has 0 saturated carbocycles. The van der Waals surface area contributed by atoms with Crippen molar-refractivity contribution in [3.05, 3.63) is 60.2 Å². The number of rotatable bonds is 18. The Bertz CT molecular complexity index is 586. The van der Waals surface area contributed by atoms with Crippen LogP contribution in [0.15, 0.2) is 48.8 Å². The van der Waals surface area contributed by atoms with Crippen LogP contribution in [-0.4, -0.2) is 22.1 Å². The van der Waals surface area contributed by atoms with Crippen molar-refractivity contribution in [1.29, 1.82) is 0 Å². The minimum absolute atomic E-state index is 0.487. The Morgan fingerprint density at radius 2 is 1.06 bits per heavy atom. The molecular weight excluding hydrogens is 378 g/mol. The lowest BCUT2D eigenvalue weighted by molar-refractivity contribution is 0.363. The molecule has 0 aromatic carbocycles. The van der Waals surface area contributed by atoms with Crippen LogP contribution in [-0.2, 0) is 12.8 Å². The van der Waals surface area contributed by atoms with Gasteiger partial charge in [-0.25, -0.2) is 0 Å². The molecular formula is C28H45N3. The van der Waals surface area contributed by atoms with Crippen LogP contribution in [0.25, 0.3) is 0 Å². The van der Waals surface area contributed by atoms with Gasteiger partial charge in [-0.3, -0.25) is 9.97 Å². The number of aromatic nitrogens is 2. The van der Waals surface area contributed by atoms with E-state index in [0.29, 0.717) is 12.1 Å². The van der Waals surface area contributed by atoms with E-state index < -0.39 is 0 Å². The Morgan fingerprint density at radius 3 is 1.45 bits per heavy atom. The minimum Gasteiger partial charge on any atom is -0.310 e. The van der Waals surface area contributed by atoms with Gasteiger partial charge in [0, 0.05) is 48.7 Å². The summed E-state index contributed by atoms with van der Waals surface area (Å²) in [4.78, 5) is 9.22. The van der Waals surface area contributed by atoms with Crippen molar-refractivity contribution in [2.24, 2.45) is 0 Å². The van der Waals surface area contributed by atoms with E-state index in [1.807, 2.05) is 24.5 Å². The van der Waals surface area contributed by atoms with Crippen molar-refractivity contribution in [3.63, 3.8) is 0 Å². The molecule has 0 aliphatic heterocycles. The molecule has 0 bridgehead atoms. The zero-order valence-corrected chi connectivity index (χ0v) is 20.1. The molecule has 3 nitrogen and oxygen atoms in total. The summed E-state index contributed by atoms with van der Waals surface area (Å²) in [6.07, 6.45) is 21.7. The van der Waals surface area contributed by atoms with Crippen molar-refractivity contribution >= 4 is 0 Å². The van der Waals surface area contributed by atoms with E-state index in [0.717, 1.165) is 12.8 Å². The zero-order valence-electron chi connectivity index (χ0n) is 20.1. The Labute approximate surface area is 191 Å². The number of pyridine rings is 2. The lowest BCUT2D eigenvalue weighted by Crippen LogP contribution is -2.41. The maximum atomic E-state index is 4.61. The number of nitrogens with one attached hydrogen (secondary N) is 1. The molecule has 2 aromatic rings. The highest BCUT2D eigenvalue weighted by Crippen LogP contribution is 2.15. The molecule has 0 fully saturated rings. The van der Waals surface area contributed by atoms with Gasteiger partial charge in [-0.15, -0.1) is 0 Å². The summed E-state index contributed by atoms with van der Waals surface area (Å²) < 4.78 is 0. The summed E-state index contributed by atoms with van der Waals surface area (Å²) >= 11 is 0. The van der Waals surface area contributed by atoms with Crippen molar-refractivity contribution in [3.8, 4) is 0 Å². The normalized spacial score (nSPS) is 13.2. The molecule has 2 aromatic heterocycles. The summed E-state index contributed by atoms with van der Waals surface area (Å²) in [6.45, 7) is 4.57. The summed E-state index contributed by atoms with van der Waals surface area (Å²) in [5.41, 5.74) is 2.40. The first-order valence-corrected chi connectivity index (χ1v) is 12.9. The van der Waals surface area contributed by atoms with Gasteiger partial charge >= 0.3 is 0 Å². The average molecular weight is 424 g/mol. The molecule has 2 unspecified atom stereocenters. The Hall–Kier alpha value is -1.74. The maximum absolute atomic E-state index is 4.61. The van der Waals surface area contributed by atoms with Crippen molar-refractivity contribution in [1.82, 2.24) is 15.3 Å². The molecule has 3 heteroatoms. The van der Waals surface area contributed by atoms with Crippen molar-refractivity contribution in [2.45, 2.75) is 116 Å². The average Bonchev–Trinajstić information content (AvgIpc) is 2.80. The Balaban J connectivity index is 1.97. The molecule has 1 N–H and O–H groups in total. The molecule has 172 valence electrons. The third-order valence-corrected chi connectivity index (χ3v) is 6.15. The third kappa shape index (κ3) is 12.0. The van der Waals surface area contributed by atoms with E-state index in [2.05, 4.69) is 53.4 Å². The van der Waals surface area contributed by atoms with Gasteiger partial charge < -0.3 is 5.32 Å². The Morgan fingerprint density at radius 1 is 0.613 bits per heavy atom. The van der Waals surface area contributed by atoms with Crippen LogP contribution < -0.4 is 5.32 Å². The molecule has 0 aliphatic carbocycles. The summed E-state index contributed by atoms with van der Waals surface area (Å²) in [6, 6.07) is 13.6. The predicted molar refractivity (Wildman–Crippen MR) is 133 cm³/mol. The predicted octanol–water partition coefficient (Wildman–Crippen LogP) is 7.31. The lowest BCUT2D eigenvalue weighted by atomic mass is 9.97. The van der Waals surface area contributed by atoms with Crippen LogP contribution in [0.1, 0.15) is 102 Å². The van der Waals surface area contributed by atoms with Gasteiger partial charge in [0.15, 0.2) is 0 Å². The fraction of sp³-hybridized carbons (Fsp3) is 0.643. The van der Waals surface area contributed by atoms with Crippen LogP contribution in [0.5, 0.6) is 0 Å². The van der Waals surface area contributed by atoms with Crippen LogP contribution >= 0.6 is 0 Å². The summed E-state index contributed by atoms with van der Waals surface area (Å²) in [7, 11) is 0. The molecule has 31 heavy (non-hydrogen) atoms. The fourth-order valence-electron chi connectivity index (χ4n) is 4.35. The second-order valence-corrected chi connectivity index (χ2v) is 9.02. The fourth-order valence-corrected chi connectivity index (χ4v) is 4.35. The van der Waals surface area contributed by atoms with Crippen LogP contribution in [0.3, 0.4) is 0 Å². The molecule has 2 heterocycles. The number of hydrogen-bond donors (Lipinski definition) is 1. The van der Waals surface area contributed by atoms with Gasteiger partial charge in [0.1, 0.15) is 0 Å². The molecule has 0 aliphatic rings. The third-order valence-electron chi connectivity index (χ3n) is 6.15. The monoisotopic (exact) mass is 423 g/mol. The van der Waals surface area contributed by atoms with E-state index in [1.165, 1.54) is 88.4 Å². The molecule has 0 spiro atoms. The highest BCUT2D eigenvalue weighted by atomic mass is 15.0. The second kappa shape index (κ2) is 16.9. The molecule has 2 atom stereocenters. The van der Waals surface area contributed by atoms with E-state index >= 15 is 0 Å². The topological polar surface area (TPSA) is 37.8 Å². The summed E-state index contributed by atoms with van der Waals surface area (Å²) in [5, 5.41) is 4.05. The van der Waals surface area contributed by atoms with E-state index in [1.54, 1.807) is 0 Å². The van der Waals surface area contributed by atoms with Gasteiger partial charge in [0.25, 0.3) is 0 Å². The van der Waals surface area contributed by atoms with E-state index in [-0.39, 0.29) is 0 Å². The van der Waals surface area contributed by atoms with Crippen molar-refractivity contribution < 1.29 is 0 Å². The van der Waals surface area contributed by atoms with E-state index in [9.17, 15) is 0 Å². The van der Waals surface area contributed by atoms with Crippen molar-refractivity contribution in [2.75, 3.05) is 0 Å². The van der Waals surface area contributed by atoms with Crippen LogP contribution in [0.4, 0.5) is 0 Å². The van der Waals surface area contributed by atoms with Gasteiger partial charge in [-0.1, -0.05) is 90.2 Å². The van der Waals surface area contributed by atoms with Gasteiger partial charge in [0.05, 0.1) is 0 Å². The van der Waals surface area contributed by atoms with Gasteiger partial charge in [-0.2, -0.15) is 0 Å². The maximum Gasteiger partial charge on any atom is 0.0419 e. The quantitative estimate of drug-likeness (QED) is 0.255. The molecule has 2 rings (SSSR count). The van der Waals surface area contributed by atoms with E-state index in [4.69, 9.17) is 0 Å². The van der Waals surface area contributed by atoms with Gasteiger partial charge in [0.2, 0.25) is 0 Å². The molecule has 0 saturated heterocycles. The van der Waals surface area contributed by atoms with Crippen LogP contribution in [0.2, 0.25) is 0 Å². The van der Waals surface area contributed by atoms with Crippen LogP contribution in [0, 0.1) is 0 Å². The van der Waals surface area contributed by atoms with Gasteiger partial charge in [-0.05, 0) is 37.1 Å². The second-order valence-electron chi connectivity index (χ2n) is 9.02. The zero-order chi connectivity index (χ0) is 22.0. The summed E-state index contributed by atoms with van der Waals surface area (Å²) in [5.74, 6) is 0.